The molecule has 2 heterocycles. The Hall–Kier alpha value is -3.06. The van der Waals surface area contributed by atoms with E-state index in [9.17, 15) is 14.9 Å². The minimum Gasteiger partial charge on any atom is -0.489 e. The lowest BCUT2D eigenvalue weighted by molar-refractivity contribution is 0.323. The van der Waals surface area contributed by atoms with Gasteiger partial charge < -0.3 is 4.74 Å². The molecule has 0 aliphatic heterocycles. The molecular weight excluding hydrogens is 473 g/mol. The quantitative estimate of drug-likeness (QED) is 0.270. The lowest BCUT2D eigenvalue weighted by atomic mass is 10.1. The molecule has 0 spiro atoms. The molecule has 3 aromatic rings. The minimum absolute atomic E-state index is 0.00269. The van der Waals surface area contributed by atoms with E-state index in [1.807, 2.05) is 6.07 Å². The molecule has 32 heavy (non-hydrogen) atoms. The smallest absolute Gasteiger partial charge is 0.358 e. The summed E-state index contributed by atoms with van der Waals surface area (Å²) in [5.41, 5.74) is -0.485. The Labute approximate surface area is 197 Å². The Morgan fingerprint density at radius 1 is 1.28 bits per heavy atom. The molecule has 0 bridgehead atoms. The molecule has 0 N–H and O–H groups in total. The summed E-state index contributed by atoms with van der Waals surface area (Å²) in [5, 5.41) is 9.89. The van der Waals surface area contributed by atoms with E-state index in [2.05, 4.69) is 16.5 Å². The number of thioether (sulfide) groups is 1. The van der Waals surface area contributed by atoms with Crippen LogP contribution in [0.25, 0.3) is 5.69 Å². The van der Waals surface area contributed by atoms with Crippen molar-refractivity contribution in [2.24, 2.45) is 0 Å². The molecular formula is C21H17Cl2N5O3S. The number of rotatable bonds is 8. The van der Waals surface area contributed by atoms with Crippen LogP contribution in [0.5, 0.6) is 5.75 Å². The van der Waals surface area contributed by atoms with Crippen molar-refractivity contribution in [3.63, 3.8) is 0 Å². The van der Waals surface area contributed by atoms with Gasteiger partial charge in [-0.15, -0.1) is 6.58 Å². The number of nitriles is 1. The predicted octanol–water partition coefficient (Wildman–Crippen LogP) is 3.69. The zero-order chi connectivity index (χ0) is 23.3. The first-order chi connectivity index (χ1) is 15.4. The average molecular weight is 490 g/mol. The number of aromatic nitrogens is 4. The maximum atomic E-state index is 13.5. The first kappa shape index (κ1) is 23.6. The highest BCUT2D eigenvalue weighted by Gasteiger charge is 2.20. The fourth-order valence-corrected chi connectivity index (χ4v) is 3.79. The summed E-state index contributed by atoms with van der Waals surface area (Å²) in [6, 6.07) is 6.78. The van der Waals surface area contributed by atoms with Gasteiger partial charge >= 0.3 is 11.4 Å². The SMILES string of the molecule is C=CCCOc1c(Cl)cncc1-n1c(=O)nc(SC)n(Cc2cc(C#N)ccc2Cl)c1=O. The first-order valence-electron chi connectivity index (χ1n) is 9.25. The highest BCUT2D eigenvalue weighted by atomic mass is 35.5. The Bertz CT molecular complexity index is 1330. The van der Waals surface area contributed by atoms with Crippen molar-refractivity contribution in [2.45, 2.75) is 18.1 Å². The van der Waals surface area contributed by atoms with Crippen LogP contribution < -0.4 is 16.1 Å². The van der Waals surface area contributed by atoms with E-state index in [4.69, 9.17) is 27.9 Å². The Kier molecular flexibility index (Phi) is 7.75. The van der Waals surface area contributed by atoms with Gasteiger partial charge in [0.1, 0.15) is 10.7 Å². The van der Waals surface area contributed by atoms with Gasteiger partial charge in [-0.3, -0.25) is 9.55 Å². The number of halogens is 2. The summed E-state index contributed by atoms with van der Waals surface area (Å²) >= 11 is 13.6. The fourth-order valence-electron chi connectivity index (χ4n) is 2.87. The second-order valence-electron chi connectivity index (χ2n) is 6.40. The van der Waals surface area contributed by atoms with E-state index >= 15 is 0 Å². The molecule has 0 fully saturated rings. The van der Waals surface area contributed by atoms with Crippen molar-refractivity contribution in [3.8, 4) is 17.5 Å². The Balaban J connectivity index is 2.20. The maximum absolute atomic E-state index is 13.5. The van der Waals surface area contributed by atoms with Crippen LogP contribution in [0.3, 0.4) is 0 Å². The van der Waals surface area contributed by atoms with Gasteiger partial charge in [0.15, 0.2) is 10.9 Å². The monoisotopic (exact) mass is 489 g/mol. The summed E-state index contributed by atoms with van der Waals surface area (Å²) in [6.45, 7) is 3.88. The maximum Gasteiger partial charge on any atom is 0.358 e. The summed E-state index contributed by atoms with van der Waals surface area (Å²) < 4.78 is 7.84. The Morgan fingerprint density at radius 2 is 2.06 bits per heavy atom. The third kappa shape index (κ3) is 4.88. The topological polar surface area (TPSA) is 103 Å². The first-order valence-corrected chi connectivity index (χ1v) is 11.2. The van der Waals surface area contributed by atoms with Gasteiger partial charge in [0, 0.05) is 11.2 Å². The number of hydrogen-bond donors (Lipinski definition) is 0. The van der Waals surface area contributed by atoms with Crippen molar-refractivity contribution in [1.29, 1.82) is 5.26 Å². The second-order valence-corrected chi connectivity index (χ2v) is 7.99. The zero-order valence-electron chi connectivity index (χ0n) is 16.9. The number of pyridine rings is 1. The third-order valence-corrected chi connectivity index (χ3v) is 5.68. The van der Waals surface area contributed by atoms with Gasteiger partial charge in [-0.2, -0.15) is 10.2 Å². The zero-order valence-corrected chi connectivity index (χ0v) is 19.2. The van der Waals surface area contributed by atoms with Gasteiger partial charge in [0.25, 0.3) is 0 Å². The molecule has 1 aromatic carbocycles. The van der Waals surface area contributed by atoms with Gasteiger partial charge in [0.2, 0.25) is 0 Å². The molecule has 0 saturated carbocycles. The Morgan fingerprint density at radius 3 is 2.75 bits per heavy atom. The predicted molar refractivity (Wildman–Crippen MR) is 124 cm³/mol. The molecule has 11 heteroatoms. The number of ether oxygens (including phenoxy) is 1. The van der Waals surface area contributed by atoms with Gasteiger partial charge in [-0.05, 0) is 36.4 Å². The molecule has 164 valence electrons. The van der Waals surface area contributed by atoms with Crippen molar-refractivity contribution in [3.05, 3.63) is 85.4 Å². The van der Waals surface area contributed by atoms with Crippen LogP contribution >= 0.6 is 35.0 Å². The van der Waals surface area contributed by atoms with Crippen LogP contribution in [0.15, 0.2) is 58.0 Å². The van der Waals surface area contributed by atoms with E-state index in [0.717, 1.165) is 16.3 Å². The summed E-state index contributed by atoms with van der Waals surface area (Å²) in [6.07, 6.45) is 6.57. The molecule has 2 aromatic heterocycles. The van der Waals surface area contributed by atoms with Crippen LogP contribution in [0, 0.1) is 11.3 Å². The van der Waals surface area contributed by atoms with Crippen molar-refractivity contribution in [1.82, 2.24) is 19.1 Å². The van der Waals surface area contributed by atoms with E-state index in [0.29, 0.717) is 22.6 Å². The molecule has 3 rings (SSSR count). The molecule has 0 unspecified atom stereocenters. The molecule has 0 radical (unpaired) electrons. The molecule has 8 nitrogen and oxygen atoms in total. The van der Waals surface area contributed by atoms with E-state index in [-0.39, 0.29) is 34.8 Å². The van der Waals surface area contributed by atoms with Gasteiger partial charge in [-0.1, -0.05) is 41.0 Å². The number of hydrogen-bond acceptors (Lipinski definition) is 7. The van der Waals surface area contributed by atoms with Crippen molar-refractivity contribution >= 4 is 35.0 Å². The third-order valence-electron chi connectivity index (χ3n) is 4.37. The summed E-state index contributed by atoms with van der Waals surface area (Å²) in [4.78, 5) is 34.3. The van der Waals surface area contributed by atoms with Crippen LogP contribution in [-0.2, 0) is 6.54 Å². The highest BCUT2D eigenvalue weighted by Crippen LogP contribution is 2.29. The van der Waals surface area contributed by atoms with Crippen LogP contribution in [-0.4, -0.2) is 32.0 Å². The minimum atomic E-state index is -0.801. The van der Waals surface area contributed by atoms with Crippen LogP contribution in [0.1, 0.15) is 17.5 Å². The average Bonchev–Trinajstić information content (AvgIpc) is 2.78. The van der Waals surface area contributed by atoms with Crippen LogP contribution in [0.2, 0.25) is 10.0 Å². The standard InChI is InChI=1S/C21H17Cl2N5O3S/c1-3-4-7-31-18-16(23)10-25-11-17(18)28-19(29)26-20(32-2)27(21(28)30)12-14-8-13(9-24)5-6-15(14)22/h3,5-6,8,10-11H,1,4,7,12H2,2H3. The van der Waals surface area contributed by atoms with Gasteiger partial charge in [-0.25, -0.2) is 14.2 Å². The highest BCUT2D eigenvalue weighted by molar-refractivity contribution is 7.98. The molecule has 0 saturated heterocycles. The lowest BCUT2D eigenvalue weighted by Crippen LogP contribution is -2.42. The summed E-state index contributed by atoms with van der Waals surface area (Å²) in [7, 11) is 0. The summed E-state index contributed by atoms with van der Waals surface area (Å²) in [5.74, 6) is 0.137. The van der Waals surface area contributed by atoms with Crippen LogP contribution in [0.4, 0.5) is 0 Å². The molecule has 0 aliphatic rings. The van der Waals surface area contributed by atoms with E-state index < -0.39 is 11.4 Å². The molecule has 0 atom stereocenters. The van der Waals surface area contributed by atoms with Gasteiger partial charge in [0.05, 0.1) is 31.0 Å². The van der Waals surface area contributed by atoms with Crippen molar-refractivity contribution < 1.29 is 4.74 Å². The molecule has 0 aliphatic carbocycles. The van der Waals surface area contributed by atoms with Crippen molar-refractivity contribution in [2.75, 3.05) is 12.9 Å². The second kappa shape index (κ2) is 10.5. The molecule has 0 amide bonds. The fraction of sp³-hybridized carbons (Fsp3) is 0.190. The largest absolute Gasteiger partial charge is 0.489 e. The number of nitrogens with zero attached hydrogens (tertiary/aromatic N) is 5. The van der Waals surface area contributed by atoms with E-state index in [1.54, 1.807) is 30.5 Å². The normalized spacial score (nSPS) is 10.6. The van der Waals surface area contributed by atoms with E-state index in [1.165, 1.54) is 17.0 Å². The lowest BCUT2D eigenvalue weighted by Gasteiger charge is -2.16. The number of benzene rings is 1.